The van der Waals surface area contributed by atoms with E-state index < -0.39 is 41.8 Å². The molecule has 2 aromatic rings. The number of aliphatic carboxylic acids is 1. The van der Waals surface area contributed by atoms with E-state index in [2.05, 4.69) is 31.2 Å². The maximum atomic E-state index is 13.3. The Bertz CT molecular complexity index is 1320. The number of carboxylic acid groups (broad SMARTS) is 1. The number of morpholine rings is 1. The first kappa shape index (κ1) is 29.1. The molecule has 2 N–H and O–H groups in total. The number of carbonyl (C=O) groups excluding carboxylic acids is 1. The molecule has 2 aliphatic rings. The highest BCUT2D eigenvalue weighted by Crippen LogP contribution is 2.39. The Morgan fingerprint density at radius 2 is 2.13 bits per heavy atom. The zero-order chi connectivity index (χ0) is 28.3. The number of rotatable bonds is 8. The Hall–Kier alpha value is -2.88. The summed E-state index contributed by atoms with van der Waals surface area (Å²) >= 11 is 3.77. The van der Waals surface area contributed by atoms with Crippen LogP contribution in [0.1, 0.15) is 34.0 Å². The van der Waals surface area contributed by atoms with E-state index in [-0.39, 0.29) is 55.0 Å². The van der Waals surface area contributed by atoms with Crippen molar-refractivity contribution in [2.24, 2.45) is 4.99 Å². The molecule has 39 heavy (non-hydrogen) atoms. The van der Waals surface area contributed by atoms with Crippen molar-refractivity contribution in [2.75, 3.05) is 32.9 Å². The van der Waals surface area contributed by atoms with Crippen molar-refractivity contribution in [2.45, 2.75) is 31.9 Å². The maximum Gasteiger partial charge on any atom is 0.427 e. The number of esters is 1. The zero-order valence-electron chi connectivity index (χ0n) is 20.4. The largest absolute Gasteiger partial charge is 0.480 e. The molecule has 4 rings (SSSR count). The van der Waals surface area contributed by atoms with Crippen LogP contribution in [0.3, 0.4) is 0 Å². The molecule has 210 valence electrons. The van der Waals surface area contributed by atoms with Crippen molar-refractivity contribution >= 4 is 45.0 Å². The minimum absolute atomic E-state index is 0.0254. The first-order chi connectivity index (χ1) is 18.5. The standard InChI is InChI=1S/C24H23BrF4N4O5S/c1-2-38-23(36)18-15(10-33-5-6-37-11-16(33)22(34)35)31-20(21-30-9-17(39-21)24(27,28)29)32-19(18)13-4-3-12(8-26)7-14(13)25/h3-4,7,9,16,19H,2,5-6,8,10-11H2,1H3,(H,31,32)(H,34,35). The summed E-state index contributed by atoms with van der Waals surface area (Å²) in [6.45, 7) is 1.19. The highest BCUT2D eigenvalue weighted by molar-refractivity contribution is 9.10. The fourth-order valence-corrected chi connectivity index (χ4v) is 5.53. The summed E-state index contributed by atoms with van der Waals surface area (Å²) in [5.41, 5.74) is 1.02. The van der Waals surface area contributed by atoms with E-state index in [0.717, 1.165) is 0 Å². The predicted molar refractivity (Wildman–Crippen MR) is 136 cm³/mol. The lowest BCUT2D eigenvalue weighted by molar-refractivity contribution is -0.149. The molecule has 1 aromatic carbocycles. The van der Waals surface area contributed by atoms with E-state index in [9.17, 15) is 32.3 Å². The molecule has 0 amide bonds. The minimum atomic E-state index is -4.62. The summed E-state index contributed by atoms with van der Waals surface area (Å²) < 4.78 is 64.3. The second kappa shape index (κ2) is 12.1. The van der Waals surface area contributed by atoms with E-state index in [1.807, 2.05) is 0 Å². The van der Waals surface area contributed by atoms with Crippen LogP contribution < -0.4 is 5.32 Å². The lowest BCUT2D eigenvalue weighted by atomic mass is 9.94. The fraction of sp³-hybridized carbons (Fsp3) is 0.417. The van der Waals surface area contributed by atoms with Gasteiger partial charge in [0.05, 0.1) is 31.6 Å². The molecular formula is C24H23BrF4N4O5S. The quantitative estimate of drug-likeness (QED) is 0.330. The van der Waals surface area contributed by atoms with Crippen LogP contribution in [-0.2, 0) is 31.9 Å². The number of hydrogen-bond acceptors (Lipinski definition) is 9. The smallest absolute Gasteiger partial charge is 0.427 e. The number of ether oxygens (including phenoxy) is 2. The molecule has 2 atom stereocenters. The summed E-state index contributed by atoms with van der Waals surface area (Å²) in [4.78, 5) is 34.2. The molecule has 1 fully saturated rings. The third-order valence-electron chi connectivity index (χ3n) is 6.01. The monoisotopic (exact) mass is 634 g/mol. The average molecular weight is 635 g/mol. The topological polar surface area (TPSA) is 113 Å². The summed E-state index contributed by atoms with van der Waals surface area (Å²) in [6.07, 6.45) is -3.93. The van der Waals surface area contributed by atoms with Crippen molar-refractivity contribution in [1.82, 2.24) is 15.2 Å². The summed E-state index contributed by atoms with van der Waals surface area (Å²) in [6, 6.07) is 2.48. The van der Waals surface area contributed by atoms with Gasteiger partial charge in [0.1, 0.15) is 23.6 Å². The predicted octanol–water partition coefficient (Wildman–Crippen LogP) is 4.09. The van der Waals surface area contributed by atoms with Gasteiger partial charge in [0, 0.05) is 23.3 Å². The Balaban J connectivity index is 1.86. The third-order valence-corrected chi connectivity index (χ3v) is 7.74. The number of amidine groups is 1. The summed E-state index contributed by atoms with van der Waals surface area (Å²) in [7, 11) is 0. The number of aliphatic imine (C=N–C) groups is 1. The molecule has 15 heteroatoms. The van der Waals surface area contributed by atoms with E-state index >= 15 is 0 Å². The first-order valence-electron chi connectivity index (χ1n) is 11.7. The number of carboxylic acids is 1. The number of halogens is 5. The van der Waals surface area contributed by atoms with Crippen molar-refractivity contribution in [1.29, 1.82) is 0 Å². The first-order valence-corrected chi connectivity index (χ1v) is 13.3. The van der Waals surface area contributed by atoms with Gasteiger partial charge in [0.25, 0.3) is 0 Å². The Kier molecular flexibility index (Phi) is 9.03. The van der Waals surface area contributed by atoms with E-state index in [4.69, 9.17) is 9.47 Å². The van der Waals surface area contributed by atoms with Crippen LogP contribution in [-0.4, -0.2) is 71.7 Å². The lowest BCUT2D eigenvalue weighted by Crippen LogP contribution is -2.52. The van der Waals surface area contributed by atoms with Gasteiger partial charge in [0.2, 0.25) is 0 Å². The number of carbonyl (C=O) groups is 2. The number of nitrogens with one attached hydrogen (secondary N) is 1. The van der Waals surface area contributed by atoms with E-state index in [0.29, 0.717) is 33.1 Å². The van der Waals surface area contributed by atoms with Crippen LogP contribution in [0.25, 0.3) is 0 Å². The van der Waals surface area contributed by atoms with E-state index in [1.54, 1.807) is 17.9 Å². The number of hydrogen-bond donors (Lipinski definition) is 2. The molecule has 0 spiro atoms. The Morgan fingerprint density at radius 1 is 1.36 bits per heavy atom. The van der Waals surface area contributed by atoms with Gasteiger partial charge in [-0.15, -0.1) is 11.3 Å². The summed E-state index contributed by atoms with van der Waals surface area (Å²) in [5, 5.41) is 12.5. The van der Waals surface area contributed by atoms with Gasteiger partial charge in [0.15, 0.2) is 10.8 Å². The van der Waals surface area contributed by atoms with Crippen LogP contribution in [0, 0.1) is 0 Å². The Labute approximate surface area is 232 Å². The van der Waals surface area contributed by atoms with Gasteiger partial charge in [-0.2, -0.15) is 13.2 Å². The highest BCUT2D eigenvalue weighted by atomic mass is 79.9. The molecule has 0 bridgehead atoms. The SMILES string of the molecule is CCOC(=O)C1=C(CN2CCOCC2C(=O)O)NC(c2ncc(C(F)(F)F)s2)=NC1c1ccc(CF)cc1Br. The number of alkyl halides is 4. The number of benzene rings is 1. The van der Waals surface area contributed by atoms with Gasteiger partial charge in [-0.25, -0.2) is 14.2 Å². The second-order valence-corrected chi connectivity index (χ2v) is 10.4. The number of nitrogens with zero attached hydrogens (tertiary/aromatic N) is 3. The Morgan fingerprint density at radius 3 is 2.74 bits per heavy atom. The maximum absolute atomic E-state index is 13.3. The molecule has 1 saturated heterocycles. The van der Waals surface area contributed by atoms with Crippen LogP contribution in [0.2, 0.25) is 0 Å². The minimum Gasteiger partial charge on any atom is -0.480 e. The van der Waals surface area contributed by atoms with Gasteiger partial charge < -0.3 is 19.9 Å². The molecule has 1 aromatic heterocycles. The van der Waals surface area contributed by atoms with Crippen molar-refractivity contribution < 1.29 is 41.7 Å². The average Bonchev–Trinajstić information content (AvgIpc) is 3.40. The van der Waals surface area contributed by atoms with Crippen LogP contribution in [0.5, 0.6) is 0 Å². The van der Waals surface area contributed by atoms with Gasteiger partial charge in [-0.3, -0.25) is 14.7 Å². The van der Waals surface area contributed by atoms with E-state index in [1.165, 1.54) is 12.1 Å². The van der Waals surface area contributed by atoms with Crippen LogP contribution in [0.15, 0.2) is 45.1 Å². The fourth-order valence-electron chi connectivity index (χ4n) is 4.15. The summed E-state index contributed by atoms with van der Waals surface area (Å²) in [5.74, 6) is -1.91. The lowest BCUT2D eigenvalue weighted by Gasteiger charge is -2.35. The molecule has 0 aliphatic carbocycles. The highest BCUT2D eigenvalue weighted by Gasteiger charge is 2.38. The molecule has 0 saturated carbocycles. The molecular weight excluding hydrogens is 612 g/mol. The van der Waals surface area contributed by atoms with Gasteiger partial charge >= 0.3 is 18.1 Å². The molecule has 3 heterocycles. The molecule has 0 radical (unpaired) electrons. The molecule has 2 aliphatic heterocycles. The van der Waals surface area contributed by atoms with Gasteiger partial charge in [-0.1, -0.05) is 28.1 Å². The molecule has 2 unspecified atom stereocenters. The van der Waals surface area contributed by atoms with Crippen LogP contribution in [0.4, 0.5) is 17.6 Å². The third kappa shape index (κ3) is 6.48. The normalized spacial score (nSPS) is 20.4. The molecule has 9 nitrogen and oxygen atoms in total. The number of aromatic nitrogens is 1. The van der Waals surface area contributed by atoms with Crippen molar-refractivity contribution in [3.05, 3.63) is 61.2 Å². The van der Waals surface area contributed by atoms with Crippen molar-refractivity contribution in [3.63, 3.8) is 0 Å². The second-order valence-electron chi connectivity index (χ2n) is 8.53. The van der Waals surface area contributed by atoms with Crippen molar-refractivity contribution in [3.8, 4) is 0 Å². The van der Waals surface area contributed by atoms with Gasteiger partial charge in [-0.05, 0) is 24.1 Å². The number of thiazole rings is 1. The zero-order valence-corrected chi connectivity index (χ0v) is 22.8. The van der Waals surface area contributed by atoms with Crippen LogP contribution >= 0.6 is 27.3 Å².